The third-order valence-electron chi connectivity index (χ3n) is 3.45. The second kappa shape index (κ2) is 8.02. The molecule has 1 saturated heterocycles. The van der Waals surface area contributed by atoms with Crippen molar-refractivity contribution in [3.05, 3.63) is 24.3 Å². The maximum Gasteiger partial charge on any atom is 0.119 e. The molecule has 1 heterocycles. The number of ether oxygens (including phenoxy) is 3. The monoisotopic (exact) mass is 266 g/mol. The van der Waals surface area contributed by atoms with Crippen LogP contribution >= 0.6 is 0 Å². The maximum atomic E-state index is 5.71. The van der Waals surface area contributed by atoms with E-state index in [2.05, 4.69) is 0 Å². The molecular weight excluding hydrogens is 242 g/mol. The molecule has 0 saturated carbocycles. The Morgan fingerprint density at radius 3 is 2.42 bits per heavy atom. The Morgan fingerprint density at radius 1 is 1.05 bits per heavy atom. The minimum Gasteiger partial charge on any atom is -0.497 e. The molecule has 106 valence electrons. The Kier molecular flexibility index (Phi) is 5.98. The molecule has 4 nitrogen and oxygen atoms in total. The molecule has 19 heavy (non-hydrogen) atoms. The molecule has 0 spiro atoms. The first-order valence-corrected chi connectivity index (χ1v) is 7.06. The van der Waals surface area contributed by atoms with Crippen molar-refractivity contribution >= 4 is 0 Å². The molecule has 1 N–H and O–H groups in total. The zero-order valence-electron chi connectivity index (χ0n) is 11.7. The van der Waals surface area contributed by atoms with Crippen LogP contribution in [0.5, 0.6) is 11.5 Å². The largest absolute Gasteiger partial charge is 0.497 e. The first-order valence-electron chi connectivity index (χ1n) is 7.06. The van der Waals surface area contributed by atoms with Crippen LogP contribution in [0, 0.1) is 0 Å². The van der Waals surface area contributed by atoms with Gasteiger partial charge in [-0.15, -0.1) is 0 Å². The zero-order valence-corrected chi connectivity index (χ0v) is 11.7. The summed E-state index contributed by atoms with van der Waals surface area (Å²) in [7, 11) is 1.67. The molecular formula is C15H24NO3+. The predicted octanol–water partition coefficient (Wildman–Crippen LogP) is 0.769. The summed E-state index contributed by atoms with van der Waals surface area (Å²) in [6.07, 6.45) is 2.32. The van der Waals surface area contributed by atoms with Crippen LogP contribution in [0.3, 0.4) is 0 Å². The van der Waals surface area contributed by atoms with E-state index in [0.717, 1.165) is 50.8 Å². The Balaban J connectivity index is 1.55. The first-order chi connectivity index (χ1) is 9.38. The van der Waals surface area contributed by atoms with E-state index in [4.69, 9.17) is 14.2 Å². The summed E-state index contributed by atoms with van der Waals surface area (Å²) < 4.78 is 16.2. The quantitative estimate of drug-likeness (QED) is 0.740. The highest BCUT2D eigenvalue weighted by atomic mass is 16.5. The zero-order chi connectivity index (χ0) is 13.3. The van der Waals surface area contributed by atoms with Crippen molar-refractivity contribution < 1.29 is 19.1 Å². The summed E-state index contributed by atoms with van der Waals surface area (Å²) in [6.45, 7) is 6.15. The van der Waals surface area contributed by atoms with E-state index in [9.17, 15) is 0 Å². The van der Waals surface area contributed by atoms with Crippen molar-refractivity contribution in [1.29, 1.82) is 0 Å². The molecule has 0 aliphatic carbocycles. The van der Waals surface area contributed by atoms with Crippen molar-refractivity contribution in [2.24, 2.45) is 0 Å². The van der Waals surface area contributed by atoms with Crippen LogP contribution in [0.25, 0.3) is 0 Å². The standard InChI is InChI=1S/C15H23NO3/c1-17-14-4-6-15(7-5-14)19-11-3-2-8-16-9-12-18-13-10-16/h4-7H,2-3,8-13H2,1H3/p+1. The van der Waals surface area contributed by atoms with E-state index in [1.165, 1.54) is 13.0 Å². The van der Waals surface area contributed by atoms with Gasteiger partial charge in [-0.2, -0.15) is 0 Å². The van der Waals surface area contributed by atoms with Gasteiger partial charge in [-0.05, 0) is 37.1 Å². The lowest BCUT2D eigenvalue weighted by molar-refractivity contribution is -0.908. The highest BCUT2D eigenvalue weighted by molar-refractivity contribution is 5.31. The van der Waals surface area contributed by atoms with Crippen molar-refractivity contribution in [2.45, 2.75) is 12.8 Å². The normalized spacial score (nSPS) is 16.3. The smallest absolute Gasteiger partial charge is 0.119 e. The van der Waals surface area contributed by atoms with Gasteiger partial charge in [0.15, 0.2) is 0 Å². The number of methoxy groups -OCH3 is 1. The Labute approximate surface area is 115 Å². The lowest BCUT2D eigenvalue weighted by atomic mass is 10.3. The van der Waals surface area contributed by atoms with Crippen LogP contribution in [0.15, 0.2) is 24.3 Å². The van der Waals surface area contributed by atoms with E-state index in [1.807, 2.05) is 24.3 Å². The number of hydrogen-bond acceptors (Lipinski definition) is 3. The molecule has 0 atom stereocenters. The van der Waals surface area contributed by atoms with Crippen molar-refractivity contribution in [2.75, 3.05) is 46.6 Å². The molecule has 1 fully saturated rings. The average molecular weight is 266 g/mol. The fourth-order valence-corrected chi connectivity index (χ4v) is 2.25. The van der Waals surface area contributed by atoms with Crippen LogP contribution in [-0.4, -0.2) is 46.6 Å². The fraction of sp³-hybridized carbons (Fsp3) is 0.600. The number of morpholine rings is 1. The van der Waals surface area contributed by atoms with Crippen molar-refractivity contribution in [3.63, 3.8) is 0 Å². The molecule has 0 bridgehead atoms. The Bertz CT molecular complexity index is 347. The SMILES string of the molecule is COc1ccc(OCCCC[NH+]2CCOCC2)cc1. The molecule has 1 aliphatic heterocycles. The summed E-state index contributed by atoms with van der Waals surface area (Å²) >= 11 is 0. The molecule has 0 radical (unpaired) electrons. The van der Waals surface area contributed by atoms with Gasteiger partial charge in [-0.3, -0.25) is 0 Å². The molecule has 0 aromatic heterocycles. The van der Waals surface area contributed by atoms with E-state index >= 15 is 0 Å². The van der Waals surface area contributed by atoms with Gasteiger partial charge in [0.2, 0.25) is 0 Å². The molecule has 0 amide bonds. The van der Waals surface area contributed by atoms with E-state index < -0.39 is 0 Å². The van der Waals surface area contributed by atoms with Crippen molar-refractivity contribution in [1.82, 2.24) is 0 Å². The highest BCUT2D eigenvalue weighted by Crippen LogP contribution is 2.17. The predicted molar refractivity (Wildman–Crippen MR) is 74.1 cm³/mol. The molecule has 2 rings (SSSR count). The fourth-order valence-electron chi connectivity index (χ4n) is 2.25. The molecule has 0 unspecified atom stereocenters. The van der Waals surface area contributed by atoms with Gasteiger partial charge in [0.05, 0.1) is 33.5 Å². The third kappa shape index (κ3) is 5.09. The highest BCUT2D eigenvalue weighted by Gasteiger charge is 2.12. The van der Waals surface area contributed by atoms with Gasteiger partial charge >= 0.3 is 0 Å². The van der Waals surface area contributed by atoms with E-state index in [-0.39, 0.29) is 0 Å². The summed E-state index contributed by atoms with van der Waals surface area (Å²) in [5.41, 5.74) is 0. The Morgan fingerprint density at radius 2 is 1.74 bits per heavy atom. The maximum absolute atomic E-state index is 5.71. The minimum atomic E-state index is 0.788. The minimum absolute atomic E-state index is 0.788. The van der Waals surface area contributed by atoms with E-state index in [1.54, 1.807) is 12.0 Å². The Hall–Kier alpha value is -1.26. The first kappa shape index (κ1) is 14.2. The van der Waals surface area contributed by atoms with Gasteiger partial charge in [-0.25, -0.2) is 0 Å². The van der Waals surface area contributed by atoms with Crippen LogP contribution in [0.4, 0.5) is 0 Å². The van der Waals surface area contributed by atoms with Crippen LogP contribution in [0.2, 0.25) is 0 Å². The van der Waals surface area contributed by atoms with Crippen LogP contribution < -0.4 is 14.4 Å². The summed E-state index contributed by atoms with van der Waals surface area (Å²) in [6, 6.07) is 7.75. The number of unbranched alkanes of at least 4 members (excludes halogenated alkanes) is 1. The topological polar surface area (TPSA) is 32.1 Å². The van der Waals surface area contributed by atoms with Gasteiger partial charge in [0.25, 0.3) is 0 Å². The van der Waals surface area contributed by atoms with Gasteiger partial charge in [-0.1, -0.05) is 0 Å². The average Bonchev–Trinajstić information content (AvgIpc) is 2.49. The second-order valence-corrected chi connectivity index (χ2v) is 4.84. The lowest BCUT2D eigenvalue weighted by Crippen LogP contribution is -3.14. The molecule has 1 aromatic carbocycles. The van der Waals surface area contributed by atoms with Crippen molar-refractivity contribution in [3.8, 4) is 11.5 Å². The van der Waals surface area contributed by atoms with Gasteiger partial charge in [0.1, 0.15) is 24.6 Å². The van der Waals surface area contributed by atoms with Gasteiger partial charge < -0.3 is 19.1 Å². The second-order valence-electron chi connectivity index (χ2n) is 4.84. The number of nitrogens with one attached hydrogen (secondary N) is 1. The van der Waals surface area contributed by atoms with Crippen LogP contribution in [0.1, 0.15) is 12.8 Å². The molecule has 1 aliphatic rings. The van der Waals surface area contributed by atoms with Crippen LogP contribution in [-0.2, 0) is 4.74 Å². The summed E-state index contributed by atoms with van der Waals surface area (Å²) in [5, 5.41) is 0. The van der Waals surface area contributed by atoms with E-state index in [0.29, 0.717) is 0 Å². The molecule has 4 heteroatoms. The molecule has 1 aromatic rings. The lowest BCUT2D eigenvalue weighted by Gasteiger charge is -2.23. The number of quaternary nitrogens is 1. The summed E-state index contributed by atoms with van der Waals surface area (Å²) in [4.78, 5) is 1.66. The number of rotatable bonds is 7. The van der Waals surface area contributed by atoms with Gasteiger partial charge in [0, 0.05) is 0 Å². The number of hydrogen-bond donors (Lipinski definition) is 1. The number of benzene rings is 1. The third-order valence-corrected chi connectivity index (χ3v) is 3.45. The summed E-state index contributed by atoms with van der Waals surface area (Å²) in [5.74, 6) is 1.78.